The molecule has 1 atom stereocenters. The van der Waals surface area contributed by atoms with Crippen LogP contribution in [0.3, 0.4) is 0 Å². The Kier molecular flexibility index (Phi) is 6.28. The van der Waals surface area contributed by atoms with Crippen molar-refractivity contribution in [3.63, 3.8) is 0 Å². The molecule has 7 nitrogen and oxygen atoms in total. The van der Waals surface area contributed by atoms with Gasteiger partial charge in [0.1, 0.15) is 18.2 Å². The van der Waals surface area contributed by atoms with Gasteiger partial charge in [-0.3, -0.25) is 20.2 Å². The minimum atomic E-state index is -0.783. The zero-order valence-electron chi connectivity index (χ0n) is 14.1. The lowest BCUT2D eigenvalue weighted by Gasteiger charge is -2.41. The molecule has 1 N–H and O–H groups in total. The van der Waals surface area contributed by atoms with Crippen molar-refractivity contribution < 1.29 is 19.2 Å². The SMILES string of the molecule is CC(C)C[C@H](NC1(C[N+](=O)[O-])COC1)C(=O)OCc1ccccc1. The van der Waals surface area contributed by atoms with Crippen molar-refractivity contribution in [1.82, 2.24) is 5.32 Å². The molecule has 2 rings (SSSR count). The first-order chi connectivity index (χ1) is 11.4. The molecule has 0 bridgehead atoms. The number of hydrogen-bond acceptors (Lipinski definition) is 6. The summed E-state index contributed by atoms with van der Waals surface area (Å²) >= 11 is 0. The summed E-state index contributed by atoms with van der Waals surface area (Å²) in [6.45, 7) is 4.37. The first-order valence-electron chi connectivity index (χ1n) is 8.08. The largest absolute Gasteiger partial charge is 0.460 e. The predicted octanol–water partition coefficient (Wildman–Crippen LogP) is 1.78. The first-order valence-corrected chi connectivity index (χ1v) is 8.08. The van der Waals surface area contributed by atoms with Crippen molar-refractivity contribution in [2.24, 2.45) is 5.92 Å². The van der Waals surface area contributed by atoms with E-state index in [9.17, 15) is 14.9 Å². The van der Waals surface area contributed by atoms with E-state index in [-0.39, 0.29) is 43.2 Å². The molecule has 132 valence electrons. The maximum absolute atomic E-state index is 12.5. The highest BCUT2D eigenvalue weighted by Crippen LogP contribution is 2.20. The highest BCUT2D eigenvalue weighted by molar-refractivity contribution is 5.76. The van der Waals surface area contributed by atoms with Gasteiger partial charge in [-0.1, -0.05) is 44.2 Å². The van der Waals surface area contributed by atoms with E-state index in [1.54, 1.807) is 0 Å². The Balaban J connectivity index is 1.98. The molecule has 0 unspecified atom stereocenters. The normalized spacial score (nSPS) is 17.1. The van der Waals surface area contributed by atoms with Gasteiger partial charge < -0.3 is 9.47 Å². The van der Waals surface area contributed by atoms with Gasteiger partial charge in [-0.2, -0.15) is 0 Å². The predicted molar refractivity (Wildman–Crippen MR) is 88.0 cm³/mol. The van der Waals surface area contributed by atoms with Gasteiger partial charge in [0, 0.05) is 4.92 Å². The number of nitro groups is 1. The van der Waals surface area contributed by atoms with Crippen molar-refractivity contribution in [2.75, 3.05) is 19.8 Å². The molecular weight excluding hydrogens is 312 g/mol. The summed E-state index contributed by atoms with van der Waals surface area (Å²) in [6, 6.07) is 8.83. The van der Waals surface area contributed by atoms with Crippen LogP contribution >= 0.6 is 0 Å². The molecule has 24 heavy (non-hydrogen) atoms. The molecule has 0 aliphatic carbocycles. The van der Waals surface area contributed by atoms with Crippen molar-refractivity contribution in [3.05, 3.63) is 46.0 Å². The molecule has 7 heteroatoms. The van der Waals surface area contributed by atoms with Crippen LogP contribution < -0.4 is 5.32 Å². The average Bonchev–Trinajstić information content (AvgIpc) is 2.49. The van der Waals surface area contributed by atoms with Crippen LogP contribution in [0.1, 0.15) is 25.8 Å². The number of carbonyl (C=O) groups is 1. The number of benzene rings is 1. The Morgan fingerprint density at radius 2 is 2.04 bits per heavy atom. The lowest BCUT2D eigenvalue weighted by Crippen LogP contribution is -2.68. The van der Waals surface area contributed by atoms with E-state index in [1.807, 2.05) is 44.2 Å². The standard InChI is InChI=1S/C17H24N2O5/c1-13(2)8-15(18-17(10-19(21)22)11-23-12-17)16(20)24-9-14-6-4-3-5-7-14/h3-7,13,15,18H,8-12H2,1-2H3/t15-/m0/s1. The maximum Gasteiger partial charge on any atom is 0.323 e. The third-order valence-corrected chi connectivity index (χ3v) is 3.88. The lowest BCUT2D eigenvalue weighted by molar-refractivity contribution is -0.498. The molecule has 0 saturated carbocycles. The van der Waals surface area contributed by atoms with E-state index in [0.717, 1.165) is 5.56 Å². The van der Waals surface area contributed by atoms with Crippen molar-refractivity contribution >= 4 is 5.97 Å². The number of rotatable bonds is 9. The van der Waals surface area contributed by atoms with Crippen LogP contribution in [0.4, 0.5) is 0 Å². The summed E-state index contributed by atoms with van der Waals surface area (Å²) in [5.74, 6) is -0.136. The van der Waals surface area contributed by atoms with Crippen LogP contribution in [0, 0.1) is 16.0 Å². The molecular formula is C17H24N2O5. The summed E-state index contributed by atoms with van der Waals surface area (Å²) in [5, 5.41) is 14.0. The molecule has 1 aliphatic heterocycles. The quantitative estimate of drug-likeness (QED) is 0.420. The van der Waals surface area contributed by atoms with Crippen molar-refractivity contribution in [2.45, 2.75) is 38.5 Å². The zero-order valence-corrected chi connectivity index (χ0v) is 14.1. The van der Waals surface area contributed by atoms with Gasteiger partial charge in [-0.05, 0) is 17.9 Å². The van der Waals surface area contributed by atoms with E-state index in [2.05, 4.69) is 5.32 Å². The Bertz CT molecular complexity index is 557. The lowest BCUT2D eigenvalue weighted by atomic mass is 9.93. The minimum absolute atomic E-state index is 0.189. The Morgan fingerprint density at radius 1 is 1.38 bits per heavy atom. The van der Waals surface area contributed by atoms with Gasteiger partial charge in [0.25, 0.3) is 0 Å². The van der Waals surface area contributed by atoms with E-state index >= 15 is 0 Å². The number of nitrogens with zero attached hydrogens (tertiary/aromatic N) is 1. The van der Waals surface area contributed by atoms with Crippen LogP contribution in [0.2, 0.25) is 0 Å². The van der Waals surface area contributed by atoms with Crippen LogP contribution in [-0.2, 0) is 20.9 Å². The molecule has 1 heterocycles. The van der Waals surface area contributed by atoms with Gasteiger partial charge in [-0.15, -0.1) is 0 Å². The van der Waals surface area contributed by atoms with Gasteiger partial charge in [0.2, 0.25) is 6.54 Å². The fourth-order valence-electron chi connectivity index (χ4n) is 2.70. The molecule has 1 aliphatic rings. The van der Waals surface area contributed by atoms with E-state index in [0.29, 0.717) is 6.42 Å². The third-order valence-electron chi connectivity index (χ3n) is 3.88. The van der Waals surface area contributed by atoms with Crippen LogP contribution in [0.25, 0.3) is 0 Å². The molecule has 0 amide bonds. The van der Waals surface area contributed by atoms with Crippen LogP contribution in [0.15, 0.2) is 30.3 Å². The average molecular weight is 336 g/mol. The Labute approximate surface area is 141 Å². The molecule has 0 radical (unpaired) electrons. The van der Waals surface area contributed by atoms with Gasteiger partial charge in [0.05, 0.1) is 13.2 Å². The molecule has 1 aromatic rings. The number of hydrogen-bond donors (Lipinski definition) is 1. The second kappa shape index (κ2) is 8.21. The fourth-order valence-corrected chi connectivity index (χ4v) is 2.70. The first kappa shape index (κ1) is 18.4. The summed E-state index contributed by atoms with van der Waals surface area (Å²) in [6.07, 6.45) is 0.549. The smallest absolute Gasteiger partial charge is 0.323 e. The van der Waals surface area contributed by atoms with Crippen LogP contribution in [0.5, 0.6) is 0 Å². The summed E-state index contributed by atoms with van der Waals surface area (Å²) in [5.41, 5.74) is 0.121. The summed E-state index contributed by atoms with van der Waals surface area (Å²) < 4.78 is 10.5. The fraction of sp³-hybridized carbons (Fsp3) is 0.588. The topological polar surface area (TPSA) is 90.7 Å². The number of ether oxygens (including phenoxy) is 2. The van der Waals surface area contributed by atoms with Crippen LogP contribution in [-0.4, -0.2) is 42.2 Å². The van der Waals surface area contributed by atoms with Crippen molar-refractivity contribution in [1.29, 1.82) is 0 Å². The van der Waals surface area contributed by atoms with E-state index < -0.39 is 11.6 Å². The van der Waals surface area contributed by atoms with Gasteiger partial charge in [-0.25, -0.2) is 0 Å². The number of carbonyl (C=O) groups excluding carboxylic acids is 1. The van der Waals surface area contributed by atoms with Gasteiger partial charge >= 0.3 is 5.97 Å². The molecule has 1 aromatic carbocycles. The Morgan fingerprint density at radius 3 is 2.54 bits per heavy atom. The molecule has 0 spiro atoms. The molecule has 0 aromatic heterocycles. The Hall–Kier alpha value is -1.99. The monoisotopic (exact) mass is 336 g/mol. The third kappa shape index (κ3) is 5.28. The number of nitrogens with one attached hydrogen (secondary N) is 1. The second-order valence-electron chi connectivity index (χ2n) is 6.68. The molecule has 1 saturated heterocycles. The highest BCUT2D eigenvalue weighted by Gasteiger charge is 2.46. The summed E-state index contributed by atoms with van der Waals surface area (Å²) in [7, 11) is 0. The number of esters is 1. The molecule has 1 fully saturated rings. The zero-order chi connectivity index (χ0) is 17.6. The summed E-state index contributed by atoms with van der Waals surface area (Å²) in [4.78, 5) is 23.0. The minimum Gasteiger partial charge on any atom is -0.460 e. The van der Waals surface area contributed by atoms with E-state index in [1.165, 1.54) is 0 Å². The van der Waals surface area contributed by atoms with Gasteiger partial charge in [0.15, 0.2) is 0 Å². The van der Waals surface area contributed by atoms with Crippen molar-refractivity contribution in [3.8, 4) is 0 Å². The highest BCUT2D eigenvalue weighted by atomic mass is 16.6. The van der Waals surface area contributed by atoms with E-state index in [4.69, 9.17) is 9.47 Å². The second-order valence-corrected chi connectivity index (χ2v) is 6.68. The maximum atomic E-state index is 12.5.